The molecule has 176 valence electrons. The summed E-state index contributed by atoms with van der Waals surface area (Å²) in [7, 11) is 1.65. The van der Waals surface area contributed by atoms with E-state index in [4.69, 9.17) is 9.47 Å². The summed E-state index contributed by atoms with van der Waals surface area (Å²) in [5.74, 6) is 0.789. The van der Waals surface area contributed by atoms with Gasteiger partial charge in [-0.05, 0) is 49.4 Å². The van der Waals surface area contributed by atoms with Crippen molar-refractivity contribution in [2.75, 3.05) is 13.7 Å². The van der Waals surface area contributed by atoms with Crippen LogP contribution in [-0.4, -0.2) is 36.5 Å². The second-order valence-corrected chi connectivity index (χ2v) is 9.37. The minimum absolute atomic E-state index is 0.0375. The van der Waals surface area contributed by atoms with Gasteiger partial charge >= 0.3 is 5.97 Å². The molecule has 2 aromatic carbocycles. The van der Waals surface area contributed by atoms with Gasteiger partial charge in [-0.1, -0.05) is 61.7 Å². The highest BCUT2D eigenvalue weighted by molar-refractivity contribution is 5.87. The lowest BCUT2D eigenvalue weighted by atomic mass is 9.64. The Kier molecular flexibility index (Phi) is 7.36. The molecule has 1 aliphatic heterocycles. The maximum atomic E-state index is 14.1. The van der Waals surface area contributed by atoms with Gasteiger partial charge in [0.1, 0.15) is 5.75 Å². The molecule has 1 aliphatic carbocycles. The van der Waals surface area contributed by atoms with Gasteiger partial charge in [0.15, 0.2) is 0 Å². The van der Waals surface area contributed by atoms with Crippen LogP contribution in [-0.2, 0) is 27.3 Å². The molecule has 0 aromatic heterocycles. The fourth-order valence-corrected chi connectivity index (χ4v) is 5.90. The number of hydrogen-bond donors (Lipinski definition) is 0. The molecule has 1 saturated carbocycles. The molecule has 0 N–H and O–H groups in total. The molecule has 4 rings (SSSR count). The van der Waals surface area contributed by atoms with Crippen molar-refractivity contribution in [2.45, 2.75) is 64.5 Å². The summed E-state index contributed by atoms with van der Waals surface area (Å²) >= 11 is 0. The van der Waals surface area contributed by atoms with E-state index in [1.807, 2.05) is 49.4 Å². The van der Waals surface area contributed by atoms with Crippen LogP contribution >= 0.6 is 0 Å². The standard InChI is InChI=1S/C28H35NO4/c1-3-33-26(30)19-24-25(18-21-10-6-4-7-11-21)29(20-22-12-14-23(32-2)15-13-22)27(31)28(24)16-8-5-9-17-28/h4,6-7,10-15,24-25H,3,5,8-9,16-20H2,1-2H3/t24-,25+/m1/s1. The molecular formula is C28H35NO4. The first-order valence-electron chi connectivity index (χ1n) is 12.2. The number of nitrogens with zero attached hydrogens (tertiary/aromatic N) is 1. The van der Waals surface area contributed by atoms with Crippen molar-refractivity contribution < 1.29 is 19.1 Å². The first-order valence-corrected chi connectivity index (χ1v) is 12.2. The van der Waals surface area contributed by atoms with Crippen LogP contribution < -0.4 is 4.74 Å². The molecular weight excluding hydrogens is 414 g/mol. The quantitative estimate of drug-likeness (QED) is 0.522. The van der Waals surface area contributed by atoms with Gasteiger partial charge in [-0.25, -0.2) is 0 Å². The van der Waals surface area contributed by atoms with Gasteiger partial charge in [0.05, 0.1) is 25.6 Å². The molecule has 0 unspecified atom stereocenters. The molecule has 1 amide bonds. The number of amides is 1. The summed E-state index contributed by atoms with van der Waals surface area (Å²) in [6.45, 7) is 2.75. The molecule has 2 fully saturated rings. The van der Waals surface area contributed by atoms with Gasteiger partial charge in [-0.2, -0.15) is 0 Å². The Morgan fingerprint density at radius 3 is 2.33 bits per heavy atom. The number of methoxy groups -OCH3 is 1. The van der Waals surface area contributed by atoms with E-state index in [0.29, 0.717) is 19.6 Å². The Balaban J connectivity index is 1.70. The average molecular weight is 450 g/mol. The molecule has 1 spiro atoms. The summed E-state index contributed by atoms with van der Waals surface area (Å²) in [4.78, 5) is 28.9. The van der Waals surface area contributed by atoms with Crippen molar-refractivity contribution in [2.24, 2.45) is 11.3 Å². The van der Waals surface area contributed by atoms with E-state index < -0.39 is 5.41 Å². The SMILES string of the molecule is CCOC(=O)C[C@@H]1[C@H](Cc2ccccc2)N(Cc2ccc(OC)cc2)C(=O)C12CCCCC2. The molecule has 5 heteroatoms. The zero-order chi connectivity index (χ0) is 23.3. The highest BCUT2D eigenvalue weighted by atomic mass is 16.5. The molecule has 0 radical (unpaired) electrons. The number of carbonyl (C=O) groups is 2. The Bertz CT molecular complexity index is 934. The van der Waals surface area contributed by atoms with Gasteiger partial charge < -0.3 is 14.4 Å². The zero-order valence-corrected chi connectivity index (χ0v) is 19.8. The van der Waals surface area contributed by atoms with Crippen LogP contribution in [0.5, 0.6) is 5.75 Å². The number of rotatable bonds is 8. The lowest BCUT2D eigenvalue weighted by Gasteiger charge is -2.37. The molecule has 2 atom stereocenters. The van der Waals surface area contributed by atoms with Crippen LogP contribution in [0.2, 0.25) is 0 Å². The van der Waals surface area contributed by atoms with Crippen molar-refractivity contribution in [1.29, 1.82) is 0 Å². The predicted octanol–water partition coefficient (Wildman–Crippen LogP) is 5.17. The molecule has 5 nitrogen and oxygen atoms in total. The average Bonchev–Trinajstić information content (AvgIpc) is 3.03. The summed E-state index contributed by atoms with van der Waals surface area (Å²) in [5, 5.41) is 0. The Hall–Kier alpha value is -2.82. The van der Waals surface area contributed by atoms with E-state index >= 15 is 0 Å². The first-order chi connectivity index (χ1) is 16.1. The van der Waals surface area contributed by atoms with Crippen LogP contribution in [0.25, 0.3) is 0 Å². The maximum Gasteiger partial charge on any atom is 0.306 e. The van der Waals surface area contributed by atoms with Crippen LogP contribution in [0, 0.1) is 11.3 Å². The Labute approximate surface area is 197 Å². The van der Waals surface area contributed by atoms with E-state index in [-0.39, 0.29) is 23.8 Å². The number of likely N-dealkylation sites (tertiary alicyclic amines) is 1. The molecule has 33 heavy (non-hydrogen) atoms. The normalized spacial score (nSPS) is 21.9. The van der Waals surface area contributed by atoms with Crippen molar-refractivity contribution in [3.05, 3.63) is 65.7 Å². The minimum Gasteiger partial charge on any atom is -0.497 e. The molecule has 1 saturated heterocycles. The smallest absolute Gasteiger partial charge is 0.306 e. The number of hydrogen-bond acceptors (Lipinski definition) is 4. The van der Waals surface area contributed by atoms with E-state index in [2.05, 4.69) is 17.0 Å². The summed E-state index contributed by atoms with van der Waals surface area (Å²) in [5.41, 5.74) is 1.80. The number of ether oxygens (including phenoxy) is 2. The number of benzene rings is 2. The Morgan fingerprint density at radius 1 is 1.00 bits per heavy atom. The van der Waals surface area contributed by atoms with Crippen LogP contribution in [0.3, 0.4) is 0 Å². The van der Waals surface area contributed by atoms with Gasteiger partial charge in [0.2, 0.25) is 5.91 Å². The van der Waals surface area contributed by atoms with E-state index in [0.717, 1.165) is 49.8 Å². The largest absolute Gasteiger partial charge is 0.497 e. The fourth-order valence-electron chi connectivity index (χ4n) is 5.90. The topological polar surface area (TPSA) is 55.8 Å². The number of carbonyl (C=O) groups excluding carboxylic acids is 2. The lowest BCUT2D eigenvalue weighted by molar-refractivity contribution is -0.146. The third kappa shape index (κ3) is 4.92. The molecule has 2 aromatic rings. The van der Waals surface area contributed by atoms with Crippen molar-refractivity contribution in [1.82, 2.24) is 4.90 Å². The second-order valence-electron chi connectivity index (χ2n) is 9.37. The van der Waals surface area contributed by atoms with Crippen molar-refractivity contribution >= 4 is 11.9 Å². The van der Waals surface area contributed by atoms with Crippen molar-refractivity contribution in [3.8, 4) is 5.75 Å². The van der Waals surface area contributed by atoms with E-state index in [9.17, 15) is 9.59 Å². The summed E-state index contributed by atoms with van der Waals surface area (Å²) in [6.07, 6.45) is 6.01. The molecule has 1 heterocycles. The zero-order valence-electron chi connectivity index (χ0n) is 19.8. The third-order valence-corrected chi connectivity index (χ3v) is 7.50. The second kappa shape index (κ2) is 10.4. The molecule has 2 aliphatic rings. The maximum absolute atomic E-state index is 14.1. The monoisotopic (exact) mass is 449 g/mol. The van der Waals surface area contributed by atoms with Crippen LogP contribution in [0.15, 0.2) is 54.6 Å². The highest BCUT2D eigenvalue weighted by Gasteiger charge is 2.58. The van der Waals surface area contributed by atoms with Gasteiger partial charge in [0, 0.05) is 18.5 Å². The van der Waals surface area contributed by atoms with Crippen molar-refractivity contribution in [3.63, 3.8) is 0 Å². The van der Waals surface area contributed by atoms with Crippen LogP contribution in [0.4, 0.5) is 0 Å². The van der Waals surface area contributed by atoms with Gasteiger partial charge in [-0.3, -0.25) is 9.59 Å². The third-order valence-electron chi connectivity index (χ3n) is 7.50. The summed E-state index contributed by atoms with van der Waals surface area (Å²) in [6, 6.07) is 18.2. The Morgan fingerprint density at radius 2 is 1.70 bits per heavy atom. The highest BCUT2D eigenvalue weighted by Crippen LogP contribution is 2.53. The molecule has 0 bridgehead atoms. The van der Waals surface area contributed by atoms with E-state index in [1.165, 1.54) is 5.56 Å². The fraction of sp³-hybridized carbons (Fsp3) is 0.500. The van der Waals surface area contributed by atoms with Gasteiger partial charge in [0.25, 0.3) is 0 Å². The minimum atomic E-state index is -0.461. The van der Waals surface area contributed by atoms with Gasteiger partial charge in [-0.15, -0.1) is 0 Å². The number of esters is 1. The first kappa shape index (κ1) is 23.3. The van der Waals surface area contributed by atoms with Crippen LogP contribution in [0.1, 0.15) is 56.6 Å². The lowest BCUT2D eigenvalue weighted by Crippen LogP contribution is -2.39. The predicted molar refractivity (Wildman–Crippen MR) is 128 cm³/mol. The van der Waals surface area contributed by atoms with E-state index in [1.54, 1.807) is 7.11 Å². The summed E-state index contributed by atoms with van der Waals surface area (Å²) < 4.78 is 10.7.